The van der Waals surface area contributed by atoms with E-state index in [4.69, 9.17) is 5.73 Å². The predicted octanol–water partition coefficient (Wildman–Crippen LogP) is 2.24. The zero-order valence-corrected chi connectivity index (χ0v) is 13.2. The molecular weight excluding hydrogens is 282 g/mol. The third kappa shape index (κ3) is 4.39. The lowest BCUT2D eigenvalue weighted by Crippen LogP contribution is -2.30. The maximum absolute atomic E-state index is 11.0. The van der Waals surface area contributed by atoms with Gasteiger partial charge in [-0.3, -0.25) is 4.79 Å². The number of amides is 1. The van der Waals surface area contributed by atoms with Gasteiger partial charge in [0.2, 0.25) is 5.91 Å². The van der Waals surface area contributed by atoms with Gasteiger partial charge in [0.25, 0.3) is 0 Å². The van der Waals surface area contributed by atoms with E-state index in [0.29, 0.717) is 11.6 Å². The zero-order chi connectivity index (χ0) is 15.2. The number of thiophene rings is 1. The summed E-state index contributed by atoms with van der Waals surface area (Å²) in [5.74, 6) is -0.389. The number of hydrogen-bond donors (Lipinski definition) is 2. The first-order valence-electron chi connectivity index (χ1n) is 6.87. The lowest BCUT2D eigenvalue weighted by Gasteiger charge is -2.23. The Hall–Kier alpha value is -1.69. The molecule has 0 aliphatic carbocycles. The molecule has 4 nitrogen and oxygen atoms in total. The molecular formula is C16H21N3OS. The molecule has 3 N–H and O–H groups in total. The topological polar surface area (TPSA) is 58.4 Å². The van der Waals surface area contributed by atoms with Crippen molar-refractivity contribution in [3.63, 3.8) is 0 Å². The van der Waals surface area contributed by atoms with Gasteiger partial charge in [0.1, 0.15) is 0 Å². The van der Waals surface area contributed by atoms with Crippen molar-refractivity contribution in [2.24, 2.45) is 5.73 Å². The van der Waals surface area contributed by atoms with Crippen LogP contribution in [0.15, 0.2) is 41.8 Å². The Bertz CT molecular complexity index is 564. The summed E-state index contributed by atoms with van der Waals surface area (Å²) in [5.41, 5.74) is 6.92. The number of likely N-dealkylation sites (N-methyl/N-ethyl adjacent to an activating group) is 1. The Balaban J connectivity index is 1.89. The molecule has 1 aromatic carbocycles. The van der Waals surface area contributed by atoms with Crippen LogP contribution in [0.4, 0.5) is 0 Å². The standard InChI is InChI=1S/C16H21N3OS/c1-19(2)14(15-4-3-9-21-15)11-18-10-12-5-7-13(8-6-12)16(17)20/h3-9,14,18H,10-11H2,1-2H3,(H2,17,20). The van der Waals surface area contributed by atoms with Crippen LogP contribution >= 0.6 is 11.3 Å². The first-order chi connectivity index (χ1) is 10.1. The highest BCUT2D eigenvalue weighted by Crippen LogP contribution is 2.22. The van der Waals surface area contributed by atoms with Gasteiger partial charge in [-0.1, -0.05) is 18.2 Å². The molecule has 0 saturated carbocycles. The average Bonchev–Trinajstić information content (AvgIpc) is 2.97. The number of benzene rings is 1. The van der Waals surface area contributed by atoms with E-state index in [9.17, 15) is 4.79 Å². The van der Waals surface area contributed by atoms with Gasteiger partial charge in [-0.25, -0.2) is 0 Å². The number of carbonyl (C=O) groups is 1. The maximum atomic E-state index is 11.0. The van der Waals surface area contributed by atoms with Crippen LogP contribution in [0.1, 0.15) is 26.8 Å². The molecule has 0 bridgehead atoms. The third-order valence-corrected chi connectivity index (χ3v) is 4.37. The van der Waals surface area contributed by atoms with E-state index in [1.165, 1.54) is 4.88 Å². The molecule has 2 rings (SSSR count). The van der Waals surface area contributed by atoms with Crippen LogP contribution in [-0.4, -0.2) is 31.4 Å². The van der Waals surface area contributed by atoms with Gasteiger partial charge in [0.15, 0.2) is 0 Å². The van der Waals surface area contributed by atoms with Crippen molar-refractivity contribution in [3.8, 4) is 0 Å². The van der Waals surface area contributed by atoms with Gasteiger partial charge in [0.05, 0.1) is 6.04 Å². The summed E-state index contributed by atoms with van der Waals surface area (Å²) in [5, 5.41) is 5.57. The fourth-order valence-corrected chi connectivity index (χ4v) is 3.08. The molecule has 1 amide bonds. The number of nitrogens with zero attached hydrogens (tertiary/aromatic N) is 1. The van der Waals surface area contributed by atoms with Crippen molar-refractivity contribution < 1.29 is 4.79 Å². The summed E-state index contributed by atoms with van der Waals surface area (Å²) < 4.78 is 0. The Labute approximate surface area is 129 Å². The van der Waals surface area contributed by atoms with Crippen molar-refractivity contribution in [1.82, 2.24) is 10.2 Å². The summed E-state index contributed by atoms with van der Waals surface area (Å²) >= 11 is 1.78. The zero-order valence-electron chi connectivity index (χ0n) is 12.4. The van der Waals surface area contributed by atoms with E-state index < -0.39 is 0 Å². The van der Waals surface area contributed by atoms with E-state index >= 15 is 0 Å². The highest BCUT2D eigenvalue weighted by atomic mass is 32.1. The van der Waals surface area contributed by atoms with Crippen LogP contribution < -0.4 is 11.1 Å². The van der Waals surface area contributed by atoms with Gasteiger partial charge in [-0.05, 0) is 43.2 Å². The number of primary amides is 1. The van der Waals surface area contributed by atoms with E-state index in [1.807, 2.05) is 12.1 Å². The van der Waals surface area contributed by atoms with Crippen LogP contribution in [0.5, 0.6) is 0 Å². The van der Waals surface area contributed by atoms with E-state index in [0.717, 1.165) is 18.7 Å². The average molecular weight is 303 g/mol. The SMILES string of the molecule is CN(C)C(CNCc1ccc(C(N)=O)cc1)c1cccs1. The quantitative estimate of drug-likeness (QED) is 0.825. The van der Waals surface area contributed by atoms with Gasteiger partial charge in [0, 0.05) is 23.5 Å². The summed E-state index contributed by atoms with van der Waals surface area (Å²) in [6, 6.07) is 12.0. The van der Waals surface area contributed by atoms with Crippen molar-refractivity contribution in [1.29, 1.82) is 0 Å². The molecule has 1 atom stereocenters. The van der Waals surface area contributed by atoms with Crippen LogP contribution in [0.3, 0.4) is 0 Å². The number of nitrogens with one attached hydrogen (secondary N) is 1. The van der Waals surface area contributed by atoms with Gasteiger partial charge in [-0.2, -0.15) is 0 Å². The molecule has 0 radical (unpaired) electrons. The molecule has 1 unspecified atom stereocenters. The lowest BCUT2D eigenvalue weighted by molar-refractivity contribution is 0.100. The van der Waals surface area contributed by atoms with Crippen molar-refractivity contribution in [3.05, 3.63) is 57.8 Å². The smallest absolute Gasteiger partial charge is 0.248 e. The number of carbonyl (C=O) groups excluding carboxylic acids is 1. The Morgan fingerprint density at radius 2 is 2.00 bits per heavy atom. The molecule has 1 heterocycles. The second-order valence-electron chi connectivity index (χ2n) is 5.19. The monoisotopic (exact) mass is 303 g/mol. The van der Waals surface area contributed by atoms with E-state index in [1.54, 1.807) is 23.5 Å². The molecule has 1 aromatic heterocycles. The molecule has 5 heteroatoms. The summed E-state index contributed by atoms with van der Waals surface area (Å²) in [7, 11) is 4.18. The number of nitrogens with two attached hydrogens (primary N) is 1. The highest BCUT2D eigenvalue weighted by molar-refractivity contribution is 7.10. The molecule has 0 aliphatic rings. The minimum atomic E-state index is -0.389. The van der Waals surface area contributed by atoms with Gasteiger partial charge in [-0.15, -0.1) is 11.3 Å². The molecule has 0 aliphatic heterocycles. The van der Waals surface area contributed by atoms with Crippen LogP contribution in [0, 0.1) is 0 Å². The van der Waals surface area contributed by atoms with E-state index in [2.05, 4.69) is 41.8 Å². The minimum absolute atomic E-state index is 0.370. The second kappa shape index (κ2) is 7.36. The fraction of sp³-hybridized carbons (Fsp3) is 0.312. The second-order valence-corrected chi connectivity index (χ2v) is 6.17. The minimum Gasteiger partial charge on any atom is -0.366 e. The predicted molar refractivity (Wildman–Crippen MR) is 87.4 cm³/mol. The fourth-order valence-electron chi connectivity index (χ4n) is 2.16. The largest absolute Gasteiger partial charge is 0.366 e. The molecule has 0 saturated heterocycles. The van der Waals surface area contributed by atoms with Crippen molar-refractivity contribution in [2.45, 2.75) is 12.6 Å². The van der Waals surface area contributed by atoms with Crippen LogP contribution in [0.25, 0.3) is 0 Å². The highest BCUT2D eigenvalue weighted by Gasteiger charge is 2.14. The summed E-state index contributed by atoms with van der Waals surface area (Å²) in [6.45, 7) is 1.65. The molecule has 112 valence electrons. The molecule has 21 heavy (non-hydrogen) atoms. The van der Waals surface area contributed by atoms with Crippen LogP contribution in [0.2, 0.25) is 0 Å². The molecule has 0 spiro atoms. The van der Waals surface area contributed by atoms with Crippen molar-refractivity contribution in [2.75, 3.05) is 20.6 Å². The Kier molecular flexibility index (Phi) is 5.50. The third-order valence-electron chi connectivity index (χ3n) is 3.40. The summed E-state index contributed by atoms with van der Waals surface area (Å²) in [4.78, 5) is 14.6. The molecule has 2 aromatic rings. The van der Waals surface area contributed by atoms with E-state index in [-0.39, 0.29) is 5.91 Å². The first-order valence-corrected chi connectivity index (χ1v) is 7.75. The number of rotatable bonds is 7. The van der Waals surface area contributed by atoms with Gasteiger partial charge < -0.3 is 16.0 Å². The van der Waals surface area contributed by atoms with Gasteiger partial charge >= 0.3 is 0 Å². The Morgan fingerprint density at radius 1 is 1.29 bits per heavy atom. The number of hydrogen-bond acceptors (Lipinski definition) is 4. The van der Waals surface area contributed by atoms with Crippen molar-refractivity contribution >= 4 is 17.2 Å². The summed E-state index contributed by atoms with van der Waals surface area (Å²) in [6.07, 6.45) is 0. The lowest BCUT2D eigenvalue weighted by atomic mass is 10.1. The molecule has 0 fully saturated rings. The Morgan fingerprint density at radius 3 is 2.52 bits per heavy atom. The normalized spacial score (nSPS) is 12.5. The first kappa shape index (κ1) is 15.7. The van der Waals surface area contributed by atoms with Crippen LogP contribution in [-0.2, 0) is 6.54 Å². The maximum Gasteiger partial charge on any atom is 0.248 e.